The van der Waals surface area contributed by atoms with Gasteiger partial charge in [-0.3, -0.25) is 0 Å². The summed E-state index contributed by atoms with van der Waals surface area (Å²) >= 11 is 30.9. The maximum atomic E-state index is 5.14. The second kappa shape index (κ2) is 2.77. The third kappa shape index (κ3) is 3.05. The topological polar surface area (TPSA) is 0 Å². The van der Waals surface area contributed by atoms with Crippen molar-refractivity contribution in [3.63, 3.8) is 0 Å². The highest BCUT2D eigenvalue weighted by Gasteiger charge is 2.43. The molecule has 0 radical (unpaired) electrons. The van der Waals surface area contributed by atoms with Crippen LogP contribution in [0.3, 0.4) is 0 Å². The van der Waals surface area contributed by atoms with Gasteiger partial charge in [-0.1, -0.05) is 69.6 Å². The Balaban J connectivity index is 4.02. The standard InChI is InChI=1S/C2Cl6/c3-1(4,5)2(6,7)8/i1+1. The van der Waals surface area contributed by atoms with Crippen LogP contribution >= 0.6 is 69.6 Å². The second-order valence-corrected chi connectivity index (χ2v) is 5.56. The first-order chi connectivity index (χ1) is 3.25. The molecule has 50 valence electrons. The maximum absolute atomic E-state index is 5.14. The highest BCUT2D eigenvalue weighted by Crippen LogP contribution is 2.48. The minimum absolute atomic E-state index is 1.85. The van der Waals surface area contributed by atoms with E-state index in [0.717, 1.165) is 0 Å². The molecule has 0 atom stereocenters. The van der Waals surface area contributed by atoms with E-state index in [9.17, 15) is 0 Å². The molecule has 0 aliphatic rings. The van der Waals surface area contributed by atoms with Crippen molar-refractivity contribution in [3.8, 4) is 0 Å². The van der Waals surface area contributed by atoms with Crippen molar-refractivity contribution < 1.29 is 0 Å². The smallest absolute Gasteiger partial charge is 0.0788 e. The van der Waals surface area contributed by atoms with Crippen LogP contribution < -0.4 is 0 Å². The molecule has 0 aliphatic carbocycles. The van der Waals surface area contributed by atoms with E-state index in [0.29, 0.717) is 0 Å². The lowest BCUT2D eigenvalue weighted by atomic mass is 11.3. The van der Waals surface area contributed by atoms with E-state index in [1.165, 1.54) is 0 Å². The third-order valence-electron chi connectivity index (χ3n) is 0.321. The Labute approximate surface area is 76.9 Å². The van der Waals surface area contributed by atoms with Gasteiger partial charge in [-0.15, -0.1) is 0 Å². The summed E-state index contributed by atoms with van der Waals surface area (Å²) in [6.45, 7) is 0. The molecule has 0 saturated carbocycles. The molecule has 0 aromatic rings. The van der Waals surface area contributed by atoms with E-state index in [1.807, 2.05) is 0 Å². The zero-order valence-corrected chi connectivity index (χ0v) is 7.80. The van der Waals surface area contributed by atoms with Gasteiger partial charge in [0.2, 0.25) is 7.59 Å². The normalized spacial score (nSPS) is 14.2. The molecule has 8 heavy (non-hydrogen) atoms. The highest BCUT2D eigenvalue weighted by molar-refractivity contribution is 6.83. The van der Waals surface area contributed by atoms with E-state index in [-0.39, 0.29) is 0 Å². The highest BCUT2D eigenvalue weighted by atomic mass is 35.6. The third-order valence-corrected chi connectivity index (χ3v) is 2.89. The van der Waals surface area contributed by atoms with Crippen molar-refractivity contribution in [1.82, 2.24) is 0 Å². The van der Waals surface area contributed by atoms with Crippen LogP contribution in [-0.2, 0) is 0 Å². The summed E-state index contributed by atoms with van der Waals surface area (Å²) < 4.78 is -3.70. The molecule has 0 rings (SSSR count). The van der Waals surface area contributed by atoms with E-state index in [2.05, 4.69) is 0 Å². The molecule has 0 bridgehead atoms. The van der Waals surface area contributed by atoms with E-state index in [1.54, 1.807) is 0 Å². The van der Waals surface area contributed by atoms with Crippen molar-refractivity contribution >= 4 is 69.6 Å². The summed E-state index contributed by atoms with van der Waals surface area (Å²) in [5.41, 5.74) is 0. The van der Waals surface area contributed by atoms with Gasteiger partial charge in [0.05, 0.1) is 0 Å². The lowest BCUT2D eigenvalue weighted by Crippen LogP contribution is -2.23. The molecule has 0 amide bonds. The lowest BCUT2D eigenvalue weighted by molar-refractivity contribution is 1.10. The van der Waals surface area contributed by atoms with Crippen LogP contribution in [0.25, 0.3) is 0 Å². The van der Waals surface area contributed by atoms with Crippen molar-refractivity contribution in [1.29, 1.82) is 0 Å². The van der Waals surface area contributed by atoms with Gasteiger partial charge < -0.3 is 0 Å². The second-order valence-electron chi connectivity index (χ2n) is 0.996. The Kier molecular flexibility index (Phi) is 3.38. The first-order valence-electron chi connectivity index (χ1n) is 1.38. The van der Waals surface area contributed by atoms with Crippen molar-refractivity contribution in [2.75, 3.05) is 0 Å². The Hall–Kier alpha value is 1.74. The molecular formula is C2Cl6. The molecule has 0 fully saturated rings. The predicted molar refractivity (Wildman–Crippen MR) is 40.6 cm³/mol. The Morgan fingerprint density at radius 2 is 0.625 bits per heavy atom. The monoisotopic (exact) mass is 235 g/mol. The van der Waals surface area contributed by atoms with Gasteiger partial charge in [0.1, 0.15) is 0 Å². The molecule has 0 aliphatic heterocycles. The van der Waals surface area contributed by atoms with Gasteiger partial charge >= 0.3 is 0 Å². The summed E-state index contributed by atoms with van der Waals surface area (Å²) in [5, 5.41) is 0. The molecular weight excluding hydrogens is 238 g/mol. The molecule has 0 heterocycles. The summed E-state index contributed by atoms with van der Waals surface area (Å²) in [4.78, 5) is 0. The molecule has 0 saturated heterocycles. The number of hydrogen-bond acceptors (Lipinski definition) is 0. The lowest BCUT2D eigenvalue weighted by Gasteiger charge is -2.19. The fourth-order valence-corrected chi connectivity index (χ4v) is 0. The van der Waals surface area contributed by atoms with Crippen molar-refractivity contribution in [2.24, 2.45) is 0 Å². The van der Waals surface area contributed by atoms with Gasteiger partial charge in [-0.25, -0.2) is 0 Å². The van der Waals surface area contributed by atoms with Crippen LogP contribution in [0.1, 0.15) is 0 Å². The Morgan fingerprint density at radius 3 is 0.625 bits per heavy atom. The summed E-state index contributed by atoms with van der Waals surface area (Å²) in [7, 11) is 0. The van der Waals surface area contributed by atoms with Gasteiger partial charge in [0.15, 0.2) is 0 Å². The summed E-state index contributed by atoms with van der Waals surface area (Å²) in [6.07, 6.45) is 0. The van der Waals surface area contributed by atoms with E-state index < -0.39 is 7.59 Å². The number of alkyl halides is 6. The van der Waals surface area contributed by atoms with Gasteiger partial charge in [0, 0.05) is 0 Å². The zero-order valence-electron chi connectivity index (χ0n) is 3.27. The van der Waals surface area contributed by atoms with Crippen LogP contribution in [0.4, 0.5) is 0 Å². The van der Waals surface area contributed by atoms with Gasteiger partial charge in [0.25, 0.3) is 0 Å². The number of halogens is 6. The van der Waals surface area contributed by atoms with Crippen LogP contribution in [0.2, 0.25) is 0 Å². The van der Waals surface area contributed by atoms with Crippen LogP contribution in [-0.4, -0.2) is 7.59 Å². The maximum Gasteiger partial charge on any atom is 0.236 e. The van der Waals surface area contributed by atoms with Crippen LogP contribution in [0.15, 0.2) is 0 Å². The van der Waals surface area contributed by atoms with Gasteiger partial charge in [-0.2, -0.15) is 0 Å². The summed E-state index contributed by atoms with van der Waals surface area (Å²) in [5.74, 6) is 0. The Morgan fingerprint density at radius 1 is 0.500 bits per heavy atom. The van der Waals surface area contributed by atoms with Crippen LogP contribution in [0, 0.1) is 0 Å². The van der Waals surface area contributed by atoms with E-state index >= 15 is 0 Å². The van der Waals surface area contributed by atoms with Crippen LogP contribution in [0.5, 0.6) is 0 Å². The average molecular weight is 238 g/mol. The first-order valence-corrected chi connectivity index (χ1v) is 3.65. The molecule has 0 N–H and O–H groups in total. The fourth-order valence-electron chi connectivity index (χ4n) is 0. The quantitative estimate of drug-likeness (QED) is 0.445. The molecule has 0 aromatic heterocycles. The van der Waals surface area contributed by atoms with Crippen molar-refractivity contribution in [3.05, 3.63) is 0 Å². The van der Waals surface area contributed by atoms with E-state index in [4.69, 9.17) is 69.6 Å². The molecule has 0 aromatic carbocycles. The van der Waals surface area contributed by atoms with Crippen molar-refractivity contribution in [2.45, 2.75) is 7.59 Å². The molecule has 0 unspecified atom stereocenters. The SMILES string of the molecule is ClC(Cl)(Cl)[13C](Cl)(Cl)Cl. The first kappa shape index (κ1) is 9.74. The average Bonchev–Trinajstić information content (AvgIpc) is 1.25. The zero-order chi connectivity index (χ0) is 7.00. The molecule has 0 spiro atoms. The Bertz CT molecular complexity index is 61.5. The fraction of sp³-hybridized carbons (Fsp3) is 1.00. The summed E-state index contributed by atoms with van der Waals surface area (Å²) in [6, 6.07) is 0. The molecule has 0 nitrogen and oxygen atoms in total. The predicted octanol–water partition coefficient (Wildman–Crippen LogP) is 3.73. The minimum atomic E-state index is -1.85. The van der Waals surface area contributed by atoms with Gasteiger partial charge in [-0.05, 0) is 0 Å². The minimum Gasteiger partial charge on any atom is -0.0788 e. The number of rotatable bonds is 0. The molecule has 6 heteroatoms. The number of hydrogen-bond donors (Lipinski definition) is 0. The largest absolute Gasteiger partial charge is 0.236 e.